The number of rotatable bonds is 5. The molecule has 3 heterocycles. The van der Waals surface area contributed by atoms with Crippen molar-refractivity contribution in [3.05, 3.63) is 39.4 Å². The van der Waals surface area contributed by atoms with Gasteiger partial charge in [0.05, 0.1) is 12.2 Å². The number of carbonyl (C=O) groups excluding carboxylic acids is 1. The maximum absolute atomic E-state index is 12.9. The van der Waals surface area contributed by atoms with E-state index in [2.05, 4.69) is 26.8 Å². The van der Waals surface area contributed by atoms with Gasteiger partial charge in [0.1, 0.15) is 5.01 Å². The molecule has 3 fully saturated rings. The van der Waals surface area contributed by atoms with E-state index >= 15 is 0 Å². The summed E-state index contributed by atoms with van der Waals surface area (Å²) in [4.78, 5) is 26.2. The minimum Gasteiger partial charge on any atom is -0.339 e. The first kappa shape index (κ1) is 21.1. The Morgan fingerprint density at radius 1 is 1.06 bits per heavy atom. The van der Waals surface area contributed by atoms with Crippen molar-refractivity contribution in [2.75, 3.05) is 39.3 Å². The standard InChI is InChI=1S/C25H31ClN4OS/c26-20-13-18(17-4-5-17)12-19(14-20)25-27-22-6-7-28(15-23(22)32-25)16-24(31)30-10-8-29(9-11-30)21-2-1-3-21/h12-14,17,21H,1-11,15-16H2. The molecule has 2 aliphatic heterocycles. The van der Waals surface area contributed by atoms with E-state index in [0.717, 1.165) is 67.3 Å². The fourth-order valence-electron chi connectivity index (χ4n) is 5.27. The third-order valence-corrected chi connectivity index (χ3v) is 8.99. The van der Waals surface area contributed by atoms with Crippen LogP contribution in [0.25, 0.3) is 10.6 Å². The number of hydrogen-bond donors (Lipinski definition) is 0. The number of amides is 1. The number of carbonyl (C=O) groups is 1. The highest BCUT2D eigenvalue weighted by molar-refractivity contribution is 7.15. The number of benzene rings is 1. The van der Waals surface area contributed by atoms with Crippen LogP contribution in [0.4, 0.5) is 0 Å². The Morgan fingerprint density at radius 3 is 2.59 bits per heavy atom. The third kappa shape index (κ3) is 4.35. The van der Waals surface area contributed by atoms with Crippen LogP contribution >= 0.6 is 22.9 Å². The second-order valence-electron chi connectivity index (χ2n) is 9.90. The molecule has 2 aliphatic carbocycles. The highest BCUT2D eigenvalue weighted by Crippen LogP contribution is 2.43. The molecule has 1 aromatic carbocycles. The Labute approximate surface area is 199 Å². The van der Waals surface area contributed by atoms with Crippen LogP contribution in [0.15, 0.2) is 18.2 Å². The van der Waals surface area contributed by atoms with Crippen LogP contribution in [0.1, 0.15) is 54.2 Å². The van der Waals surface area contributed by atoms with E-state index in [0.29, 0.717) is 12.5 Å². The van der Waals surface area contributed by atoms with Crippen molar-refractivity contribution in [3.8, 4) is 10.6 Å². The maximum Gasteiger partial charge on any atom is 0.236 e. The zero-order valence-corrected chi connectivity index (χ0v) is 20.1. The summed E-state index contributed by atoms with van der Waals surface area (Å²) in [5.74, 6) is 0.967. The molecule has 7 heteroatoms. The molecular formula is C25H31ClN4OS. The lowest BCUT2D eigenvalue weighted by atomic mass is 9.91. The highest BCUT2D eigenvalue weighted by atomic mass is 35.5. The summed E-state index contributed by atoms with van der Waals surface area (Å²) in [6.45, 7) is 6.12. The SMILES string of the molecule is O=C(CN1CCc2nc(-c3cc(Cl)cc(C4CC4)c3)sc2C1)N1CCN(C2CCC2)CC1. The lowest BCUT2D eigenvalue weighted by Gasteiger charge is -2.43. The summed E-state index contributed by atoms with van der Waals surface area (Å²) < 4.78 is 0. The predicted octanol–water partition coefficient (Wildman–Crippen LogP) is 4.40. The van der Waals surface area contributed by atoms with Gasteiger partial charge >= 0.3 is 0 Å². The van der Waals surface area contributed by atoms with Gasteiger partial charge in [0, 0.05) is 67.2 Å². The zero-order valence-electron chi connectivity index (χ0n) is 18.6. The summed E-state index contributed by atoms with van der Waals surface area (Å²) in [7, 11) is 0. The molecule has 0 radical (unpaired) electrons. The molecule has 1 amide bonds. The van der Waals surface area contributed by atoms with E-state index in [1.54, 1.807) is 11.3 Å². The van der Waals surface area contributed by atoms with Gasteiger partial charge in [-0.15, -0.1) is 11.3 Å². The monoisotopic (exact) mass is 470 g/mol. The molecule has 1 saturated heterocycles. The van der Waals surface area contributed by atoms with Gasteiger partial charge in [0.15, 0.2) is 0 Å². The van der Waals surface area contributed by atoms with Crippen LogP contribution in [0.3, 0.4) is 0 Å². The summed E-state index contributed by atoms with van der Waals surface area (Å²) in [6, 6.07) is 7.21. The van der Waals surface area contributed by atoms with E-state index in [-0.39, 0.29) is 5.91 Å². The summed E-state index contributed by atoms with van der Waals surface area (Å²) >= 11 is 8.19. The van der Waals surface area contributed by atoms with Gasteiger partial charge in [-0.1, -0.05) is 18.0 Å². The number of thiazole rings is 1. The lowest BCUT2D eigenvalue weighted by Crippen LogP contribution is -2.55. The van der Waals surface area contributed by atoms with Crippen molar-refractivity contribution in [2.45, 2.75) is 57.0 Å². The quantitative estimate of drug-likeness (QED) is 0.649. The van der Waals surface area contributed by atoms with Crippen molar-refractivity contribution in [1.82, 2.24) is 19.7 Å². The number of hydrogen-bond acceptors (Lipinski definition) is 5. The first-order valence-corrected chi connectivity index (χ1v) is 13.4. The van der Waals surface area contributed by atoms with Crippen LogP contribution in [-0.4, -0.2) is 70.9 Å². The number of halogens is 1. The molecule has 0 unspecified atom stereocenters. The fraction of sp³-hybridized carbons (Fsp3) is 0.600. The van der Waals surface area contributed by atoms with Gasteiger partial charge in [-0.2, -0.15) is 0 Å². The van der Waals surface area contributed by atoms with Crippen molar-refractivity contribution in [1.29, 1.82) is 0 Å². The van der Waals surface area contributed by atoms with Gasteiger partial charge in [-0.25, -0.2) is 4.98 Å². The predicted molar refractivity (Wildman–Crippen MR) is 129 cm³/mol. The second kappa shape index (κ2) is 8.71. The Balaban J connectivity index is 1.08. The highest BCUT2D eigenvalue weighted by Gasteiger charge is 2.31. The number of fused-ring (bicyclic) bond motifs is 1. The molecule has 4 aliphatic rings. The lowest BCUT2D eigenvalue weighted by molar-refractivity contribution is -0.135. The van der Waals surface area contributed by atoms with Crippen LogP contribution in [0.5, 0.6) is 0 Å². The normalized spacial score (nSPS) is 22.6. The molecule has 1 aromatic heterocycles. The smallest absolute Gasteiger partial charge is 0.236 e. The van der Waals surface area contributed by atoms with Crippen molar-refractivity contribution >= 4 is 28.8 Å². The van der Waals surface area contributed by atoms with Crippen LogP contribution in [0.2, 0.25) is 5.02 Å². The molecule has 5 nitrogen and oxygen atoms in total. The topological polar surface area (TPSA) is 39.7 Å². The Bertz CT molecular complexity index is 1010. The Kier molecular flexibility index (Phi) is 5.74. The molecule has 0 atom stereocenters. The van der Waals surface area contributed by atoms with E-state index in [4.69, 9.17) is 16.6 Å². The largest absolute Gasteiger partial charge is 0.339 e. The first-order valence-electron chi connectivity index (χ1n) is 12.2. The van der Waals surface area contributed by atoms with E-state index in [1.165, 1.54) is 48.2 Å². The van der Waals surface area contributed by atoms with Crippen molar-refractivity contribution < 1.29 is 4.79 Å². The van der Waals surface area contributed by atoms with Crippen LogP contribution < -0.4 is 0 Å². The Hall–Kier alpha value is -1.47. The number of aromatic nitrogens is 1. The average molecular weight is 471 g/mol. The molecule has 0 N–H and O–H groups in total. The van der Waals surface area contributed by atoms with Gasteiger partial charge in [-0.05, 0) is 55.4 Å². The molecule has 0 spiro atoms. The molecule has 2 saturated carbocycles. The van der Waals surface area contributed by atoms with Gasteiger partial charge in [0.25, 0.3) is 0 Å². The van der Waals surface area contributed by atoms with E-state index in [9.17, 15) is 4.79 Å². The average Bonchev–Trinajstić information content (AvgIpc) is 3.52. The van der Waals surface area contributed by atoms with Gasteiger partial charge in [0.2, 0.25) is 5.91 Å². The van der Waals surface area contributed by atoms with Crippen LogP contribution in [0, 0.1) is 0 Å². The molecule has 170 valence electrons. The molecule has 0 bridgehead atoms. The summed E-state index contributed by atoms with van der Waals surface area (Å²) in [5.41, 5.74) is 3.70. The number of piperazine rings is 1. The summed E-state index contributed by atoms with van der Waals surface area (Å²) in [5, 5.41) is 1.88. The number of nitrogens with zero attached hydrogens (tertiary/aromatic N) is 4. The van der Waals surface area contributed by atoms with Gasteiger partial charge < -0.3 is 4.90 Å². The molecule has 32 heavy (non-hydrogen) atoms. The second-order valence-corrected chi connectivity index (χ2v) is 11.4. The minimum absolute atomic E-state index is 0.287. The van der Waals surface area contributed by atoms with Crippen molar-refractivity contribution in [3.63, 3.8) is 0 Å². The minimum atomic E-state index is 0.287. The first-order chi connectivity index (χ1) is 15.6. The third-order valence-electron chi connectivity index (χ3n) is 7.64. The molecule has 6 rings (SSSR count). The molecule has 2 aromatic rings. The molecular weight excluding hydrogens is 440 g/mol. The van der Waals surface area contributed by atoms with Gasteiger partial charge in [-0.3, -0.25) is 14.6 Å². The zero-order chi connectivity index (χ0) is 21.7. The maximum atomic E-state index is 12.9. The Morgan fingerprint density at radius 2 is 1.88 bits per heavy atom. The van der Waals surface area contributed by atoms with Crippen molar-refractivity contribution in [2.24, 2.45) is 0 Å². The summed E-state index contributed by atoms with van der Waals surface area (Å²) in [6.07, 6.45) is 7.53. The fourth-order valence-corrected chi connectivity index (χ4v) is 6.66. The van der Waals surface area contributed by atoms with E-state index < -0.39 is 0 Å². The van der Waals surface area contributed by atoms with Crippen LogP contribution in [-0.2, 0) is 17.8 Å². The van der Waals surface area contributed by atoms with E-state index in [1.807, 2.05) is 6.07 Å².